The van der Waals surface area contributed by atoms with Gasteiger partial charge in [-0.3, -0.25) is 14.4 Å². The lowest BCUT2D eigenvalue weighted by Gasteiger charge is -2.30. The highest BCUT2D eigenvalue weighted by molar-refractivity contribution is 6.06. The molecule has 3 rings (SSSR count). The van der Waals surface area contributed by atoms with Gasteiger partial charge in [-0.2, -0.15) is 0 Å². The van der Waals surface area contributed by atoms with Gasteiger partial charge in [-0.15, -0.1) is 0 Å². The SMILES string of the molecule is NC(=O)COc1ccccc1C(=O)Nc1ccc(CCN2CCC(C(N)=O)CC2)cc1. The molecular formula is C23H28N4O4. The van der Waals surface area contributed by atoms with Gasteiger partial charge in [0.1, 0.15) is 5.75 Å². The van der Waals surface area contributed by atoms with Crippen LogP contribution in [0, 0.1) is 5.92 Å². The molecule has 164 valence electrons. The monoisotopic (exact) mass is 424 g/mol. The van der Waals surface area contributed by atoms with Gasteiger partial charge in [0.2, 0.25) is 5.91 Å². The van der Waals surface area contributed by atoms with Crippen LogP contribution in [0.1, 0.15) is 28.8 Å². The summed E-state index contributed by atoms with van der Waals surface area (Å²) in [6, 6.07) is 14.4. The number of carbonyl (C=O) groups is 3. The second-order valence-electron chi connectivity index (χ2n) is 7.67. The molecule has 0 unspecified atom stereocenters. The van der Waals surface area contributed by atoms with Crippen LogP contribution in [0.25, 0.3) is 0 Å². The Bertz CT molecular complexity index is 921. The minimum atomic E-state index is -0.608. The molecule has 2 aromatic carbocycles. The molecule has 1 aliphatic heterocycles. The van der Waals surface area contributed by atoms with E-state index in [1.165, 1.54) is 5.56 Å². The molecule has 1 heterocycles. The number of piperidine rings is 1. The summed E-state index contributed by atoms with van der Waals surface area (Å²) in [6.45, 7) is 2.40. The zero-order chi connectivity index (χ0) is 22.2. The molecule has 0 atom stereocenters. The molecule has 0 aliphatic carbocycles. The van der Waals surface area contributed by atoms with Gasteiger partial charge >= 0.3 is 0 Å². The van der Waals surface area contributed by atoms with Crippen LogP contribution in [-0.2, 0) is 16.0 Å². The van der Waals surface area contributed by atoms with E-state index >= 15 is 0 Å². The minimum Gasteiger partial charge on any atom is -0.483 e. The average molecular weight is 425 g/mol. The molecule has 0 spiro atoms. The van der Waals surface area contributed by atoms with Crippen LogP contribution >= 0.6 is 0 Å². The molecule has 2 aromatic rings. The number of carbonyl (C=O) groups excluding carboxylic acids is 3. The maximum Gasteiger partial charge on any atom is 0.259 e. The Morgan fingerprint density at radius 1 is 1.00 bits per heavy atom. The van der Waals surface area contributed by atoms with Gasteiger partial charge < -0.3 is 26.4 Å². The van der Waals surface area contributed by atoms with Crippen LogP contribution < -0.4 is 21.5 Å². The number of rotatable bonds is 9. The third-order valence-corrected chi connectivity index (χ3v) is 5.42. The van der Waals surface area contributed by atoms with E-state index in [0.717, 1.165) is 38.9 Å². The van der Waals surface area contributed by atoms with E-state index in [1.807, 2.05) is 24.3 Å². The number of nitrogens with two attached hydrogens (primary N) is 2. The Morgan fingerprint density at radius 3 is 2.32 bits per heavy atom. The summed E-state index contributed by atoms with van der Waals surface area (Å²) < 4.78 is 5.32. The fourth-order valence-electron chi connectivity index (χ4n) is 3.61. The quantitative estimate of drug-likeness (QED) is 0.563. The standard InChI is InChI=1S/C23H28N4O4/c24-21(28)15-31-20-4-2-1-3-19(20)23(30)26-18-7-5-16(6-8-18)9-12-27-13-10-17(11-14-27)22(25)29/h1-8,17H,9-15H2,(H2,24,28)(H2,25,29)(H,26,30). The first-order valence-electron chi connectivity index (χ1n) is 10.3. The van der Waals surface area contributed by atoms with Gasteiger partial charge in [-0.05, 0) is 62.2 Å². The first kappa shape index (κ1) is 22.3. The lowest BCUT2D eigenvalue weighted by Crippen LogP contribution is -2.39. The average Bonchev–Trinajstić information content (AvgIpc) is 2.77. The van der Waals surface area contributed by atoms with Gasteiger partial charge in [0, 0.05) is 18.2 Å². The van der Waals surface area contributed by atoms with Crippen molar-refractivity contribution in [2.24, 2.45) is 17.4 Å². The van der Waals surface area contributed by atoms with E-state index in [4.69, 9.17) is 16.2 Å². The van der Waals surface area contributed by atoms with Crippen molar-refractivity contribution in [3.05, 3.63) is 59.7 Å². The highest BCUT2D eigenvalue weighted by Crippen LogP contribution is 2.21. The van der Waals surface area contributed by atoms with Gasteiger partial charge in [-0.25, -0.2) is 0 Å². The van der Waals surface area contributed by atoms with Gasteiger partial charge in [-0.1, -0.05) is 24.3 Å². The normalized spacial score (nSPS) is 14.7. The number of amides is 3. The number of hydrogen-bond donors (Lipinski definition) is 3. The van der Waals surface area contributed by atoms with Crippen LogP contribution in [-0.4, -0.2) is 48.9 Å². The Labute approximate surface area is 181 Å². The molecule has 0 radical (unpaired) electrons. The van der Waals surface area contributed by atoms with Crippen molar-refractivity contribution in [1.82, 2.24) is 4.90 Å². The van der Waals surface area contributed by atoms with Crippen molar-refractivity contribution in [3.8, 4) is 5.75 Å². The molecule has 1 aliphatic rings. The predicted molar refractivity (Wildman–Crippen MR) is 118 cm³/mol. The maximum absolute atomic E-state index is 12.6. The Hall–Kier alpha value is -3.39. The van der Waals surface area contributed by atoms with Crippen LogP contribution in [0.2, 0.25) is 0 Å². The van der Waals surface area contributed by atoms with Crippen LogP contribution in [0.15, 0.2) is 48.5 Å². The number of benzene rings is 2. The van der Waals surface area contributed by atoms with Gasteiger partial charge in [0.25, 0.3) is 11.8 Å². The molecule has 3 amide bonds. The fraction of sp³-hybridized carbons (Fsp3) is 0.348. The third kappa shape index (κ3) is 6.55. The molecule has 8 heteroatoms. The number of para-hydroxylation sites is 1. The maximum atomic E-state index is 12.6. The van der Waals surface area contributed by atoms with Crippen LogP contribution in [0.5, 0.6) is 5.75 Å². The van der Waals surface area contributed by atoms with Crippen molar-refractivity contribution in [2.75, 3.05) is 31.6 Å². The zero-order valence-electron chi connectivity index (χ0n) is 17.4. The molecule has 1 saturated heterocycles. The number of primary amides is 2. The fourth-order valence-corrected chi connectivity index (χ4v) is 3.61. The summed E-state index contributed by atoms with van der Waals surface area (Å²) in [5.74, 6) is -0.825. The molecule has 1 fully saturated rings. The van der Waals surface area contributed by atoms with Crippen molar-refractivity contribution in [2.45, 2.75) is 19.3 Å². The van der Waals surface area contributed by atoms with Crippen LogP contribution in [0.4, 0.5) is 5.69 Å². The first-order valence-corrected chi connectivity index (χ1v) is 10.3. The molecule has 5 N–H and O–H groups in total. The lowest BCUT2D eigenvalue weighted by molar-refractivity contribution is -0.123. The molecule has 31 heavy (non-hydrogen) atoms. The second-order valence-corrected chi connectivity index (χ2v) is 7.67. The highest BCUT2D eigenvalue weighted by atomic mass is 16.5. The molecule has 8 nitrogen and oxygen atoms in total. The summed E-state index contributed by atoms with van der Waals surface area (Å²) in [7, 11) is 0. The van der Waals surface area contributed by atoms with E-state index in [-0.39, 0.29) is 24.3 Å². The third-order valence-electron chi connectivity index (χ3n) is 5.42. The van der Waals surface area contributed by atoms with Crippen molar-refractivity contribution >= 4 is 23.4 Å². The lowest BCUT2D eigenvalue weighted by atomic mass is 9.96. The van der Waals surface area contributed by atoms with E-state index < -0.39 is 5.91 Å². The Balaban J connectivity index is 1.51. The summed E-state index contributed by atoms with van der Waals surface area (Å²) in [6.07, 6.45) is 2.54. The Kier molecular flexibility index (Phi) is 7.61. The topological polar surface area (TPSA) is 128 Å². The molecule has 0 aromatic heterocycles. The zero-order valence-corrected chi connectivity index (χ0v) is 17.4. The van der Waals surface area contributed by atoms with E-state index in [1.54, 1.807) is 24.3 Å². The molecule has 0 saturated carbocycles. The van der Waals surface area contributed by atoms with Gasteiger partial charge in [0.15, 0.2) is 6.61 Å². The number of ether oxygens (including phenoxy) is 1. The number of nitrogens with zero attached hydrogens (tertiary/aromatic N) is 1. The summed E-state index contributed by atoms with van der Waals surface area (Å²) in [5, 5.41) is 2.85. The number of nitrogens with one attached hydrogen (secondary N) is 1. The predicted octanol–water partition coefficient (Wildman–Crippen LogP) is 1.54. The largest absolute Gasteiger partial charge is 0.483 e. The number of likely N-dealkylation sites (tertiary alicyclic amines) is 1. The van der Waals surface area contributed by atoms with Crippen molar-refractivity contribution < 1.29 is 19.1 Å². The van der Waals surface area contributed by atoms with E-state index in [9.17, 15) is 14.4 Å². The van der Waals surface area contributed by atoms with E-state index in [2.05, 4.69) is 10.2 Å². The molecule has 0 bridgehead atoms. The van der Waals surface area contributed by atoms with Gasteiger partial charge in [0.05, 0.1) is 5.56 Å². The summed E-state index contributed by atoms with van der Waals surface area (Å²) in [5.41, 5.74) is 12.7. The Morgan fingerprint density at radius 2 is 1.68 bits per heavy atom. The van der Waals surface area contributed by atoms with E-state index in [0.29, 0.717) is 17.0 Å². The second kappa shape index (κ2) is 10.6. The van der Waals surface area contributed by atoms with Crippen molar-refractivity contribution in [3.63, 3.8) is 0 Å². The van der Waals surface area contributed by atoms with Crippen LogP contribution in [0.3, 0.4) is 0 Å². The summed E-state index contributed by atoms with van der Waals surface area (Å²) in [4.78, 5) is 37.2. The smallest absolute Gasteiger partial charge is 0.259 e. The summed E-state index contributed by atoms with van der Waals surface area (Å²) >= 11 is 0. The minimum absolute atomic E-state index is 0.00506. The number of hydrogen-bond acceptors (Lipinski definition) is 5. The highest BCUT2D eigenvalue weighted by Gasteiger charge is 2.22. The number of anilines is 1. The first-order chi connectivity index (χ1) is 14.9. The van der Waals surface area contributed by atoms with Crippen molar-refractivity contribution in [1.29, 1.82) is 0 Å². The molecular weight excluding hydrogens is 396 g/mol.